The second-order valence-corrected chi connectivity index (χ2v) is 4.72. The Labute approximate surface area is 117 Å². The number of benzene rings is 2. The normalized spacial score (nSPS) is 10.3. The number of hydrogen-bond donors (Lipinski definition) is 1. The van der Waals surface area contributed by atoms with E-state index >= 15 is 0 Å². The summed E-state index contributed by atoms with van der Waals surface area (Å²) in [4.78, 5) is 13.9. The second kappa shape index (κ2) is 5.33. The van der Waals surface area contributed by atoms with Gasteiger partial charge < -0.3 is 10.0 Å². The molecule has 0 saturated heterocycles. The van der Waals surface area contributed by atoms with Gasteiger partial charge in [0.05, 0.1) is 10.6 Å². The predicted octanol–water partition coefficient (Wildman–Crippen LogP) is 3.63. The van der Waals surface area contributed by atoms with Gasteiger partial charge in [-0.1, -0.05) is 29.8 Å². The van der Waals surface area contributed by atoms with Crippen LogP contribution in [0.5, 0.6) is 5.75 Å². The molecule has 0 unspecified atom stereocenters. The molecule has 98 valence electrons. The Morgan fingerprint density at radius 1 is 1.21 bits per heavy atom. The van der Waals surface area contributed by atoms with Crippen molar-refractivity contribution in [3.05, 3.63) is 58.6 Å². The zero-order valence-electron chi connectivity index (χ0n) is 10.7. The van der Waals surface area contributed by atoms with Gasteiger partial charge in [0.25, 0.3) is 5.91 Å². The molecule has 0 saturated carbocycles. The molecule has 2 aromatic carbocycles. The van der Waals surface area contributed by atoms with E-state index in [0.29, 0.717) is 5.02 Å². The van der Waals surface area contributed by atoms with Crippen LogP contribution < -0.4 is 4.90 Å². The van der Waals surface area contributed by atoms with Gasteiger partial charge in [-0.05, 0) is 36.8 Å². The topological polar surface area (TPSA) is 40.5 Å². The summed E-state index contributed by atoms with van der Waals surface area (Å²) in [7, 11) is 1.69. The third-order valence-corrected chi connectivity index (χ3v) is 3.29. The molecule has 3 nitrogen and oxygen atoms in total. The number of halogens is 1. The minimum absolute atomic E-state index is 0.0194. The highest BCUT2D eigenvalue weighted by Gasteiger charge is 2.18. The molecule has 0 fully saturated rings. The average molecular weight is 276 g/mol. The second-order valence-electron chi connectivity index (χ2n) is 4.31. The lowest BCUT2D eigenvalue weighted by Gasteiger charge is -2.20. The van der Waals surface area contributed by atoms with Gasteiger partial charge in [-0.15, -0.1) is 0 Å². The molecule has 0 heterocycles. The maximum Gasteiger partial charge on any atom is 0.259 e. The molecular formula is C15H14ClNO2. The molecule has 19 heavy (non-hydrogen) atoms. The molecule has 0 aliphatic heterocycles. The summed E-state index contributed by atoms with van der Waals surface area (Å²) in [6.45, 7) is 1.93. The van der Waals surface area contributed by atoms with Crippen LogP contribution in [-0.4, -0.2) is 18.1 Å². The van der Waals surface area contributed by atoms with E-state index in [2.05, 4.69) is 0 Å². The summed E-state index contributed by atoms with van der Waals surface area (Å²) in [5, 5.41) is 9.79. The van der Waals surface area contributed by atoms with Gasteiger partial charge in [-0.2, -0.15) is 0 Å². The maximum absolute atomic E-state index is 12.4. The number of hydrogen-bond acceptors (Lipinski definition) is 2. The van der Waals surface area contributed by atoms with Gasteiger partial charge in [-0.3, -0.25) is 4.79 Å². The zero-order chi connectivity index (χ0) is 14.0. The molecule has 1 amide bonds. The minimum atomic E-state index is -0.254. The van der Waals surface area contributed by atoms with Crippen molar-refractivity contribution >= 4 is 23.2 Å². The number of para-hydroxylation sites is 1. The van der Waals surface area contributed by atoms with E-state index in [9.17, 15) is 9.90 Å². The van der Waals surface area contributed by atoms with E-state index in [4.69, 9.17) is 11.6 Å². The molecule has 2 aromatic rings. The first kappa shape index (κ1) is 13.4. The molecule has 4 heteroatoms. The van der Waals surface area contributed by atoms with E-state index < -0.39 is 0 Å². The first-order valence-electron chi connectivity index (χ1n) is 5.83. The fraction of sp³-hybridized carbons (Fsp3) is 0.133. The van der Waals surface area contributed by atoms with Gasteiger partial charge >= 0.3 is 0 Å². The summed E-state index contributed by atoms with van der Waals surface area (Å²) in [6.07, 6.45) is 0. The third-order valence-electron chi connectivity index (χ3n) is 2.96. The van der Waals surface area contributed by atoms with Crippen molar-refractivity contribution in [2.24, 2.45) is 0 Å². The number of rotatable bonds is 2. The Balaban J connectivity index is 2.39. The molecule has 0 spiro atoms. The zero-order valence-corrected chi connectivity index (χ0v) is 11.5. The Kier molecular flexibility index (Phi) is 3.76. The summed E-state index contributed by atoms with van der Waals surface area (Å²) >= 11 is 6.00. The highest BCUT2D eigenvalue weighted by atomic mass is 35.5. The molecule has 1 N–H and O–H groups in total. The minimum Gasteiger partial charge on any atom is -0.508 e. The molecule has 0 atom stereocenters. The fourth-order valence-corrected chi connectivity index (χ4v) is 2.11. The number of phenolic OH excluding ortho intramolecular Hbond substituents is 1. The maximum atomic E-state index is 12.4. The standard InChI is InChI=1S/C15H14ClNO2/c1-10-5-3-4-6-14(10)17(2)15(19)12-9-11(18)7-8-13(12)16/h3-9,18H,1-2H3. The van der Waals surface area contributed by atoms with Crippen LogP contribution in [-0.2, 0) is 0 Å². The van der Waals surface area contributed by atoms with Gasteiger partial charge in [-0.25, -0.2) is 0 Å². The van der Waals surface area contributed by atoms with Crippen molar-refractivity contribution in [2.75, 3.05) is 11.9 Å². The Bertz CT molecular complexity index is 625. The highest BCUT2D eigenvalue weighted by Crippen LogP contribution is 2.25. The van der Waals surface area contributed by atoms with E-state index in [1.54, 1.807) is 7.05 Å². The van der Waals surface area contributed by atoms with E-state index in [-0.39, 0.29) is 17.2 Å². The number of carbonyl (C=O) groups excluding carboxylic acids is 1. The lowest BCUT2D eigenvalue weighted by Crippen LogP contribution is -2.27. The van der Waals surface area contributed by atoms with Gasteiger partial charge in [0.15, 0.2) is 0 Å². The largest absolute Gasteiger partial charge is 0.508 e. The summed E-state index contributed by atoms with van der Waals surface area (Å²) in [5.41, 5.74) is 2.09. The molecule has 0 bridgehead atoms. The molecule has 2 rings (SSSR count). The van der Waals surface area contributed by atoms with Gasteiger partial charge in [0.2, 0.25) is 0 Å². The van der Waals surface area contributed by atoms with Gasteiger partial charge in [0, 0.05) is 12.7 Å². The van der Waals surface area contributed by atoms with Crippen LogP contribution in [0, 0.1) is 6.92 Å². The lowest BCUT2D eigenvalue weighted by molar-refractivity contribution is 0.0992. The number of aromatic hydroxyl groups is 1. The van der Waals surface area contributed by atoms with Crippen LogP contribution in [0.25, 0.3) is 0 Å². The van der Waals surface area contributed by atoms with Crippen molar-refractivity contribution in [3.63, 3.8) is 0 Å². The lowest BCUT2D eigenvalue weighted by atomic mass is 10.1. The summed E-state index contributed by atoms with van der Waals surface area (Å²) in [5.74, 6) is -0.235. The van der Waals surface area contributed by atoms with Crippen LogP contribution in [0.15, 0.2) is 42.5 Å². The van der Waals surface area contributed by atoms with Crippen molar-refractivity contribution in [1.29, 1.82) is 0 Å². The predicted molar refractivity (Wildman–Crippen MR) is 77.0 cm³/mol. The van der Waals surface area contributed by atoms with Crippen molar-refractivity contribution in [2.45, 2.75) is 6.92 Å². The molecular weight excluding hydrogens is 262 g/mol. The number of carbonyl (C=O) groups is 1. The summed E-state index contributed by atoms with van der Waals surface area (Å²) in [6, 6.07) is 11.9. The number of amides is 1. The number of anilines is 1. The molecule has 0 radical (unpaired) electrons. The molecule has 0 aliphatic rings. The first-order valence-corrected chi connectivity index (χ1v) is 6.20. The Morgan fingerprint density at radius 3 is 2.58 bits per heavy atom. The van der Waals surface area contributed by atoms with E-state index in [1.807, 2.05) is 31.2 Å². The molecule has 0 aromatic heterocycles. The Hall–Kier alpha value is -2.00. The monoisotopic (exact) mass is 275 g/mol. The van der Waals surface area contributed by atoms with Crippen LogP contribution >= 0.6 is 11.6 Å². The quantitative estimate of drug-likeness (QED) is 0.909. The van der Waals surface area contributed by atoms with Crippen LogP contribution in [0.4, 0.5) is 5.69 Å². The van der Waals surface area contributed by atoms with Crippen LogP contribution in [0.2, 0.25) is 5.02 Å². The third kappa shape index (κ3) is 2.71. The van der Waals surface area contributed by atoms with Gasteiger partial charge in [0.1, 0.15) is 5.75 Å². The Morgan fingerprint density at radius 2 is 1.89 bits per heavy atom. The average Bonchev–Trinajstić information content (AvgIpc) is 2.40. The van der Waals surface area contributed by atoms with E-state index in [0.717, 1.165) is 11.3 Å². The smallest absolute Gasteiger partial charge is 0.259 e. The molecule has 0 aliphatic carbocycles. The fourth-order valence-electron chi connectivity index (χ4n) is 1.91. The van der Waals surface area contributed by atoms with E-state index in [1.165, 1.54) is 23.1 Å². The van der Waals surface area contributed by atoms with Crippen LogP contribution in [0.1, 0.15) is 15.9 Å². The summed E-state index contributed by atoms with van der Waals surface area (Å²) < 4.78 is 0. The number of aryl methyl sites for hydroxylation is 1. The first-order chi connectivity index (χ1) is 9.00. The van der Waals surface area contributed by atoms with Crippen molar-refractivity contribution in [3.8, 4) is 5.75 Å². The number of phenols is 1. The van der Waals surface area contributed by atoms with Crippen molar-refractivity contribution in [1.82, 2.24) is 0 Å². The highest BCUT2D eigenvalue weighted by molar-refractivity contribution is 6.34. The number of nitrogens with zero attached hydrogens (tertiary/aromatic N) is 1. The van der Waals surface area contributed by atoms with Crippen molar-refractivity contribution < 1.29 is 9.90 Å². The van der Waals surface area contributed by atoms with Crippen LogP contribution in [0.3, 0.4) is 0 Å². The SMILES string of the molecule is Cc1ccccc1N(C)C(=O)c1cc(O)ccc1Cl.